The van der Waals surface area contributed by atoms with Gasteiger partial charge in [-0.05, 0) is 37.6 Å². The summed E-state index contributed by atoms with van der Waals surface area (Å²) in [7, 11) is -3.72. The third kappa shape index (κ3) is 2.71. The molecule has 0 aliphatic heterocycles. The number of carbonyl (C=O) groups is 1. The van der Waals surface area contributed by atoms with Crippen LogP contribution in [0.2, 0.25) is 0 Å². The maximum absolute atomic E-state index is 12.3. The first-order chi connectivity index (χ1) is 9.82. The maximum atomic E-state index is 12.3. The van der Waals surface area contributed by atoms with Crippen molar-refractivity contribution >= 4 is 28.1 Å². The molecule has 0 unspecified atom stereocenters. The number of amides is 1. The quantitative estimate of drug-likeness (QED) is 0.469. The third-order valence-corrected chi connectivity index (χ3v) is 5.70. The molecule has 1 aromatic carbocycles. The van der Waals surface area contributed by atoms with Crippen LogP contribution in [0.4, 0.5) is 5.69 Å². The van der Waals surface area contributed by atoms with E-state index in [4.69, 9.17) is 0 Å². The van der Waals surface area contributed by atoms with E-state index >= 15 is 0 Å². The number of nitro benzene ring substituents is 1. The van der Waals surface area contributed by atoms with Crippen LogP contribution in [0.5, 0.6) is 0 Å². The molecule has 0 radical (unpaired) electrons. The second kappa shape index (κ2) is 5.36. The Morgan fingerprint density at radius 2 is 2.10 bits per heavy atom. The largest absolute Gasteiger partial charge is 0.288 e. The fourth-order valence-electron chi connectivity index (χ4n) is 2.12. The number of nitrogens with zero attached hydrogens (tertiary/aromatic N) is 2. The Hall–Kier alpha value is -2.09. The third-order valence-electron chi connectivity index (χ3n) is 3.41. The molecule has 0 heterocycles. The van der Waals surface area contributed by atoms with Crippen LogP contribution < -0.4 is 0 Å². The first kappa shape index (κ1) is 15.3. The Kier molecular flexibility index (Phi) is 3.91. The van der Waals surface area contributed by atoms with Gasteiger partial charge in [-0.2, -0.15) is 0 Å². The molecule has 1 fully saturated rings. The molecule has 0 spiro atoms. The molecule has 1 saturated carbocycles. The van der Waals surface area contributed by atoms with Crippen LogP contribution >= 0.6 is 0 Å². The molecule has 7 nitrogen and oxygen atoms in total. The van der Waals surface area contributed by atoms with Gasteiger partial charge in [-0.3, -0.25) is 14.9 Å². The summed E-state index contributed by atoms with van der Waals surface area (Å²) in [5, 5.41) is 10.6. The summed E-state index contributed by atoms with van der Waals surface area (Å²) < 4.78 is 24.6. The van der Waals surface area contributed by atoms with Gasteiger partial charge < -0.3 is 0 Å². The summed E-state index contributed by atoms with van der Waals surface area (Å²) in [5.74, 6) is -0.703. The zero-order valence-electron chi connectivity index (χ0n) is 11.4. The van der Waals surface area contributed by atoms with Crippen molar-refractivity contribution in [1.29, 1.82) is 0 Å². The topological polar surface area (TPSA) is 107 Å². The Morgan fingerprint density at radius 1 is 1.48 bits per heavy atom. The molecule has 1 aliphatic rings. The smallest absolute Gasteiger partial charge is 0.267 e. The number of sulfone groups is 1. The van der Waals surface area contributed by atoms with Crippen molar-refractivity contribution in [3.8, 4) is 0 Å². The molecule has 0 bridgehead atoms. The lowest BCUT2D eigenvalue weighted by atomic mass is 10.0. The van der Waals surface area contributed by atoms with Crippen molar-refractivity contribution in [1.82, 2.24) is 0 Å². The minimum Gasteiger partial charge on any atom is -0.267 e. The van der Waals surface area contributed by atoms with Gasteiger partial charge in [-0.25, -0.2) is 13.4 Å². The highest BCUT2D eigenvalue weighted by atomic mass is 32.2. The van der Waals surface area contributed by atoms with Crippen LogP contribution in [0, 0.1) is 10.1 Å². The highest BCUT2D eigenvalue weighted by Gasteiger charge is 2.41. The zero-order chi connectivity index (χ0) is 15.8. The van der Waals surface area contributed by atoms with Crippen LogP contribution in [0.3, 0.4) is 0 Å². The van der Waals surface area contributed by atoms with E-state index in [1.165, 1.54) is 6.07 Å². The van der Waals surface area contributed by atoms with Gasteiger partial charge in [0.05, 0.1) is 15.7 Å². The van der Waals surface area contributed by atoms with Gasteiger partial charge in [0.25, 0.3) is 11.6 Å². The number of hydrogen-bond donors (Lipinski definition) is 0. The fraction of sp³-hybridized carbons (Fsp3) is 0.385. The molecule has 1 amide bonds. The summed E-state index contributed by atoms with van der Waals surface area (Å²) in [6.45, 7) is 4.84. The van der Waals surface area contributed by atoms with E-state index in [-0.39, 0.29) is 10.5 Å². The Balaban J connectivity index is 2.73. The molecular weight excluding hydrogens is 296 g/mol. The van der Waals surface area contributed by atoms with Crippen molar-refractivity contribution < 1.29 is 18.1 Å². The minimum atomic E-state index is -3.72. The second-order valence-electron chi connectivity index (χ2n) is 4.80. The van der Waals surface area contributed by atoms with Gasteiger partial charge in [0.1, 0.15) is 4.90 Å². The number of aliphatic imine (C=N–C) groups is 1. The molecule has 112 valence electrons. The van der Waals surface area contributed by atoms with Gasteiger partial charge in [0.2, 0.25) is 0 Å². The molecule has 21 heavy (non-hydrogen) atoms. The van der Waals surface area contributed by atoms with Gasteiger partial charge in [0.15, 0.2) is 9.84 Å². The summed E-state index contributed by atoms with van der Waals surface area (Å²) in [6, 6.07) is 2.22. The van der Waals surface area contributed by atoms with E-state index < -0.39 is 31.6 Å². The normalized spacial score (nSPS) is 14.7. The number of carbonyl (C=O) groups excluding carboxylic acids is 1. The van der Waals surface area contributed by atoms with Crippen molar-refractivity contribution in [3.05, 3.63) is 33.4 Å². The van der Waals surface area contributed by atoms with Crippen LogP contribution in [-0.2, 0) is 16.3 Å². The molecule has 0 aromatic heterocycles. The van der Waals surface area contributed by atoms with E-state index in [1.54, 1.807) is 6.92 Å². The molecule has 2 rings (SSSR count). The van der Waals surface area contributed by atoms with Crippen LogP contribution in [0.1, 0.15) is 35.7 Å². The lowest BCUT2D eigenvalue weighted by Gasteiger charge is -2.09. The number of hydrogen-bond acceptors (Lipinski definition) is 5. The summed E-state index contributed by atoms with van der Waals surface area (Å²) in [6.07, 6.45) is 1.38. The second-order valence-corrected chi connectivity index (χ2v) is 6.99. The maximum Gasteiger partial charge on any atom is 0.288 e. The number of aryl methyl sites for hydroxylation is 1. The van der Waals surface area contributed by atoms with E-state index in [1.807, 2.05) is 0 Å². The number of rotatable bonds is 5. The monoisotopic (exact) mass is 310 g/mol. The lowest BCUT2D eigenvalue weighted by molar-refractivity contribution is -0.387. The molecule has 0 atom stereocenters. The van der Waals surface area contributed by atoms with Crippen molar-refractivity contribution in [3.63, 3.8) is 0 Å². The first-order valence-electron chi connectivity index (χ1n) is 6.39. The van der Waals surface area contributed by atoms with E-state index in [9.17, 15) is 23.3 Å². The van der Waals surface area contributed by atoms with Crippen LogP contribution in [0.25, 0.3) is 0 Å². The molecular formula is C13H14N2O5S. The summed E-state index contributed by atoms with van der Waals surface area (Å²) in [5.41, 5.74) is -0.141. The SMILES string of the molecule is C=NC(=O)c1cc([N+](=O)[O-])c(S(=O)(=O)C2CC2)cc1CC. The average molecular weight is 310 g/mol. The van der Waals surface area contributed by atoms with Gasteiger partial charge in [0, 0.05) is 6.07 Å². The van der Waals surface area contributed by atoms with E-state index in [0.29, 0.717) is 24.8 Å². The molecule has 1 aliphatic carbocycles. The van der Waals surface area contributed by atoms with Gasteiger partial charge in [-0.15, -0.1) is 0 Å². The number of benzene rings is 1. The average Bonchev–Trinajstić information content (AvgIpc) is 3.29. The lowest BCUT2D eigenvalue weighted by Crippen LogP contribution is -2.12. The predicted octanol–water partition coefficient (Wildman–Crippen LogP) is 1.93. The van der Waals surface area contributed by atoms with Crippen LogP contribution in [0.15, 0.2) is 22.0 Å². The minimum absolute atomic E-state index is 0.0222. The standard InChI is InChI=1S/C13H14N2O5S/c1-3-8-6-12(21(19,20)9-4-5-9)11(15(17)18)7-10(8)13(16)14-2/h6-7,9H,2-5H2,1H3. The van der Waals surface area contributed by atoms with Crippen LogP contribution in [-0.4, -0.2) is 31.2 Å². The highest BCUT2D eigenvalue weighted by molar-refractivity contribution is 7.92. The molecule has 0 saturated heterocycles. The molecule has 1 aromatic rings. The van der Waals surface area contributed by atoms with Crippen molar-refractivity contribution in [2.24, 2.45) is 4.99 Å². The summed E-state index contributed by atoms with van der Waals surface area (Å²) in [4.78, 5) is 25.0. The van der Waals surface area contributed by atoms with Gasteiger partial charge >= 0.3 is 0 Å². The number of nitro groups is 1. The Morgan fingerprint density at radius 3 is 2.52 bits per heavy atom. The zero-order valence-corrected chi connectivity index (χ0v) is 12.2. The first-order valence-corrected chi connectivity index (χ1v) is 7.93. The molecule has 8 heteroatoms. The Bertz CT molecular complexity index is 735. The fourth-order valence-corrected chi connectivity index (χ4v) is 3.96. The predicted molar refractivity (Wildman–Crippen MR) is 76.6 cm³/mol. The van der Waals surface area contributed by atoms with Crippen molar-refractivity contribution in [2.45, 2.75) is 36.3 Å². The summed E-state index contributed by atoms with van der Waals surface area (Å²) >= 11 is 0. The van der Waals surface area contributed by atoms with Gasteiger partial charge in [-0.1, -0.05) is 6.92 Å². The van der Waals surface area contributed by atoms with E-state index in [2.05, 4.69) is 11.7 Å². The Labute approximate surface area is 121 Å². The van der Waals surface area contributed by atoms with E-state index in [0.717, 1.165) is 6.07 Å². The molecule has 0 N–H and O–H groups in total. The highest BCUT2D eigenvalue weighted by Crippen LogP contribution is 2.38. The van der Waals surface area contributed by atoms with Crippen molar-refractivity contribution in [2.75, 3.05) is 0 Å².